The molecule has 1 heterocycles. The van der Waals surface area contributed by atoms with Crippen LogP contribution in [0, 0.1) is 0 Å². The minimum atomic E-state index is -1.16. The molecule has 0 aliphatic rings. The summed E-state index contributed by atoms with van der Waals surface area (Å²) in [5.74, 6) is -1.29. The number of rotatable bonds is 5. The van der Waals surface area contributed by atoms with Crippen molar-refractivity contribution in [3.05, 3.63) is 42.1 Å². The van der Waals surface area contributed by atoms with E-state index >= 15 is 0 Å². The lowest BCUT2D eigenvalue weighted by atomic mass is 10.3. The lowest BCUT2D eigenvalue weighted by molar-refractivity contribution is -0.122. The fourth-order valence-electron chi connectivity index (χ4n) is 1.54. The average molecular weight is 275 g/mol. The maximum atomic E-state index is 11.2. The molecule has 0 spiro atoms. The molecule has 0 unspecified atom stereocenters. The van der Waals surface area contributed by atoms with Crippen molar-refractivity contribution < 1.29 is 19.4 Å². The summed E-state index contributed by atoms with van der Waals surface area (Å²) in [6.45, 7) is -0.214. The van der Waals surface area contributed by atoms with Crippen LogP contribution in [0.3, 0.4) is 0 Å². The summed E-state index contributed by atoms with van der Waals surface area (Å²) in [6.07, 6.45) is 0. The molecule has 2 N–H and O–H groups in total. The highest BCUT2D eigenvalue weighted by molar-refractivity contribution is 5.85. The van der Waals surface area contributed by atoms with E-state index in [1.54, 1.807) is 24.3 Å². The monoisotopic (exact) mass is 275 g/mol. The Kier molecular flexibility index (Phi) is 3.99. The molecule has 0 aliphatic carbocycles. The van der Waals surface area contributed by atoms with E-state index in [0.29, 0.717) is 5.69 Å². The number of nitrogens with one attached hydrogen (secondary N) is 1. The van der Waals surface area contributed by atoms with Gasteiger partial charge in [-0.3, -0.25) is 4.79 Å². The predicted molar refractivity (Wildman–Crippen MR) is 70.1 cm³/mol. The Bertz CT molecular complexity index is 622. The zero-order valence-electron chi connectivity index (χ0n) is 10.7. The molecule has 2 rings (SSSR count). The third-order valence-corrected chi connectivity index (χ3v) is 2.53. The van der Waals surface area contributed by atoms with Crippen LogP contribution in [0.15, 0.2) is 36.4 Å². The van der Waals surface area contributed by atoms with Crippen molar-refractivity contribution >= 4 is 11.9 Å². The van der Waals surface area contributed by atoms with Crippen LogP contribution >= 0.6 is 0 Å². The summed E-state index contributed by atoms with van der Waals surface area (Å²) in [5.41, 5.74) is 0.493. The SMILES string of the molecule is CNC(=O)COc1cc(C(=O)O)nn1-c1ccccc1. The van der Waals surface area contributed by atoms with Gasteiger partial charge in [-0.15, -0.1) is 0 Å². The van der Waals surface area contributed by atoms with Gasteiger partial charge in [-0.05, 0) is 12.1 Å². The number of hydrogen-bond acceptors (Lipinski definition) is 4. The first kappa shape index (κ1) is 13.6. The second-order valence-electron chi connectivity index (χ2n) is 3.88. The first-order valence-electron chi connectivity index (χ1n) is 5.84. The largest absolute Gasteiger partial charge is 0.476 e. The van der Waals surface area contributed by atoms with Crippen molar-refractivity contribution in [2.24, 2.45) is 0 Å². The summed E-state index contributed by atoms with van der Waals surface area (Å²) in [4.78, 5) is 22.2. The van der Waals surface area contributed by atoms with Gasteiger partial charge in [-0.2, -0.15) is 5.10 Å². The smallest absolute Gasteiger partial charge is 0.356 e. The molecule has 2 aromatic rings. The van der Waals surface area contributed by atoms with Crippen molar-refractivity contribution in [2.45, 2.75) is 0 Å². The molecule has 1 amide bonds. The quantitative estimate of drug-likeness (QED) is 0.837. The molecule has 1 aromatic carbocycles. The zero-order chi connectivity index (χ0) is 14.5. The molecule has 104 valence electrons. The van der Waals surface area contributed by atoms with Gasteiger partial charge in [0.15, 0.2) is 12.3 Å². The van der Waals surface area contributed by atoms with Crippen molar-refractivity contribution in [2.75, 3.05) is 13.7 Å². The standard InChI is InChI=1S/C13H13N3O4/c1-14-11(17)8-20-12-7-10(13(18)19)15-16(12)9-5-3-2-4-6-9/h2-7H,8H2,1H3,(H,14,17)(H,18,19). The Balaban J connectivity index is 2.33. The number of ether oxygens (including phenoxy) is 1. The summed E-state index contributed by atoms with van der Waals surface area (Å²) < 4.78 is 6.64. The van der Waals surface area contributed by atoms with Gasteiger partial charge in [0.2, 0.25) is 5.88 Å². The highest BCUT2D eigenvalue weighted by Gasteiger charge is 2.16. The number of hydrogen-bond donors (Lipinski definition) is 2. The molecule has 0 fully saturated rings. The number of carboxylic acid groups (broad SMARTS) is 1. The van der Waals surface area contributed by atoms with E-state index in [0.717, 1.165) is 0 Å². The van der Waals surface area contributed by atoms with E-state index in [9.17, 15) is 9.59 Å². The van der Waals surface area contributed by atoms with Gasteiger partial charge >= 0.3 is 5.97 Å². The van der Waals surface area contributed by atoms with Gasteiger partial charge < -0.3 is 15.2 Å². The molecule has 0 saturated carbocycles. The lowest BCUT2D eigenvalue weighted by Gasteiger charge is -2.08. The predicted octanol–water partition coefficient (Wildman–Crippen LogP) is 0.695. The normalized spacial score (nSPS) is 10.1. The Labute approximate surface area is 114 Å². The molecule has 7 heteroatoms. The van der Waals surface area contributed by atoms with E-state index in [2.05, 4.69) is 10.4 Å². The van der Waals surface area contributed by atoms with E-state index in [4.69, 9.17) is 9.84 Å². The third kappa shape index (κ3) is 2.94. The van der Waals surface area contributed by atoms with Gasteiger partial charge in [0.1, 0.15) is 0 Å². The number of para-hydroxylation sites is 1. The number of aromatic carboxylic acids is 1. The van der Waals surface area contributed by atoms with Crippen LogP contribution in [-0.2, 0) is 4.79 Å². The van der Waals surface area contributed by atoms with Crippen molar-refractivity contribution in [1.29, 1.82) is 0 Å². The van der Waals surface area contributed by atoms with E-state index in [-0.39, 0.29) is 24.1 Å². The average Bonchev–Trinajstić information content (AvgIpc) is 2.90. The van der Waals surface area contributed by atoms with Crippen LogP contribution in [0.25, 0.3) is 5.69 Å². The van der Waals surface area contributed by atoms with Crippen LogP contribution in [-0.4, -0.2) is 40.4 Å². The van der Waals surface area contributed by atoms with Crippen LogP contribution in [0.2, 0.25) is 0 Å². The minimum Gasteiger partial charge on any atom is -0.476 e. The van der Waals surface area contributed by atoms with E-state index in [1.165, 1.54) is 17.8 Å². The maximum Gasteiger partial charge on any atom is 0.356 e. The fraction of sp³-hybridized carbons (Fsp3) is 0.154. The highest BCUT2D eigenvalue weighted by Crippen LogP contribution is 2.19. The van der Waals surface area contributed by atoms with E-state index in [1.807, 2.05) is 6.07 Å². The molecule has 0 bridgehead atoms. The third-order valence-electron chi connectivity index (χ3n) is 2.53. The number of likely N-dealkylation sites (N-methyl/N-ethyl adjacent to an activating group) is 1. The second-order valence-corrected chi connectivity index (χ2v) is 3.88. The Hall–Kier alpha value is -2.83. The maximum absolute atomic E-state index is 11.2. The number of amides is 1. The first-order chi connectivity index (χ1) is 9.61. The minimum absolute atomic E-state index is 0.152. The molecule has 0 aliphatic heterocycles. The van der Waals surface area contributed by atoms with Gasteiger partial charge in [-0.25, -0.2) is 9.48 Å². The number of carbonyl (C=O) groups excluding carboxylic acids is 1. The van der Waals surface area contributed by atoms with Gasteiger partial charge in [0.05, 0.1) is 5.69 Å². The van der Waals surface area contributed by atoms with Crippen molar-refractivity contribution in [1.82, 2.24) is 15.1 Å². The fourth-order valence-corrected chi connectivity index (χ4v) is 1.54. The van der Waals surface area contributed by atoms with Crippen LogP contribution in [0.4, 0.5) is 0 Å². The Morgan fingerprint density at radius 1 is 1.35 bits per heavy atom. The molecule has 7 nitrogen and oxygen atoms in total. The lowest BCUT2D eigenvalue weighted by Crippen LogP contribution is -2.25. The van der Waals surface area contributed by atoms with Gasteiger partial charge in [0, 0.05) is 13.1 Å². The number of nitrogens with zero attached hydrogens (tertiary/aromatic N) is 2. The van der Waals surface area contributed by atoms with E-state index < -0.39 is 5.97 Å². The molecular formula is C13H13N3O4. The molecule has 0 radical (unpaired) electrons. The second kappa shape index (κ2) is 5.87. The zero-order valence-corrected chi connectivity index (χ0v) is 10.7. The van der Waals surface area contributed by atoms with Crippen LogP contribution in [0.1, 0.15) is 10.5 Å². The topological polar surface area (TPSA) is 93.4 Å². The molecule has 1 aromatic heterocycles. The number of carboxylic acids is 1. The highest BCUT2D eigenvalue weighted by atomic mass is 16.5. The molecular weight excluding hydrogens is 262 g/mol. The van der Waals surface area contributed by atoms with Gasteiger partial charge in [-0.1, -0.05) is 18.2 Å². The summed E-state index contributed by atoms with van der Waals surface area (Å²) in [6, 6.07) is 10.2. The summed E-state index contributed by atoms with van der Waals surface area (Å²) >= 11 is 0. The summed E-state index contributed by atoms with van der Waals surface area (Å²) in [7, 11) is 1.49. The van der Waals surface area contributed by atoms with Crippen LogP contribution in [0.5, 0.6) is 5.88 Å². The van der Waals surface area contributed by atoms with Gasteiger partial charge in [0.25, 0.3) is 5.91 Å². The van der Waals surface area contributed by atoms with Crippen molar-refractivity contribution in [3.63, 3.8) is 0 Å². The molecule has 20 heavy (non-hydrogen) atoms. The van der Waals surface area contributed by atoms with Crippen LogP contribution < -0.4 is 10.1 Å². The first-order valence-corrected chi connectivity index (χ1v) is 5.84. The number of carbonyl (C=O) groups is 2. The summed E-state index contributed by atoms with van der Waals surface area (Å²) in [5, 5.41) is 15.3. The molecule has 0 saturated heterocycles. The Morgan fingerprint density at radius 2 is 2.05 bits per heavy atom. The Morgan fingerprint density at radius 3 is 2.65 bits per heavy atom. The molecule has 0 atom stereocenters. The van der Waals surface area contributed by atoms with Crippen molar-refractivity contribution in [3.8, 4) is 11.6 Å². The number of benzene rings is 1. The number of aromatic nitrogens is 2.